The number of carbonyl (C=O) groups excluding carboxylic acids is 1. The van der Waals surface area contributed by atoms with Gasteiger partial charge in [0.2, 0.25) is 5.91 Å². The molecule has 0 radical (unpaired) electrons. The number of aromatic hydroxyl groups is 1. The maximum Gasteiger partial charge on any atom is 0.225 e. The number of phenolic OH excluding ortho intramolecular Hbond substituents is 1. The summed E-state index contributed by atoms with van der Waals surface area (Å²) in [5.74, 6) is -0.202. The minimum Gasteiger partial charge on any atom is -0.504 e. The van der Waals surface area contributed by atoms with Gasteiger partial charge < -0.3 is 10.4 Å². The standard InChI is InChI=1S/C16H15ClN2O2/c1-10(20)19-14(9-11-5-3-2-4-6-11)18-13-8-7-12(17)16(21)15(13)19/h2-8,14,18,21H,9H2,1H3. The molecule has 21 heavy (non-hydrogen) atoms. The summed E-state index contributed by atoms with van der Waals surface area (Å²) >= 11 is 5.95. The Bertz CT molecular complexity index is 688. The summed E-state index contributed by atoms with van der Waals surface area (Å²) in [6, 6.07) is 13.3. The molecule has 0 aromatic heterocycles. The number of rotatable bonds is 2. The second-order valence-electron chi connectivity index (χ2n) is 5.03. The van der Waals surface area contributed by atoms with Crippen LogP contribution in [0.15, 0.2) is 42.5 Å². The maximum atomic E-state index is 12.0. The van der Waals surface area contributed by atoms with Gasteiger partial charge in [-0.2, -0.15) is 0 Å². The number of benzene rings is 2. The predicted molar refractivity (Wildman–Crippen MR) is 83.8 cm³/mol. The average Bonchev–Trinajstić information content (AvgIpc) is 2.83. The Labute approximate surface area is 128 Å². The van der Waals surface area contributed by atoms with Gasteiger partial charge in [0.1, 0.15) is 11.9 Å². The third-order valence-electron chi connectivity index (χ3n) is 3.59. The van der Waals surface area contributed by atoms with Gasteiger partial charge in [0.25, 0.3) is 0 Å². The van der Waals surface area contributed by atoms with Crippen molar-refractivity contribution in [3.8, 4) is 5.75 Å². The Balaban J connectivity index is 1.98. The van der Waals surface area contributed by atoms with Crippen LogP contribution < -0.4 is 10.2 Å². The van der Waals surface area contributed by atoms with Crippen molar-refractivity contribution in [2.45, 2.75) is 19.5 Å². The number of carbonyl (C=O) groups is 1. The molecule has 2 aromatic carbocycles. The van der Waals surface area contributed by atoms with Crippen LogP contribution in [0.5, 0.6) is 5.75 Å². The third kappa shape index (κ3) is 2.43. The first kappa shape index (κ1) is 13.8. The van der Waals surface area contributed by atoms with Crippen molar-refractivity contribution >= 4 is 28.9 Å². The lowest BCUT2D eigenvalue weighted by atomic mass is 10.1. The lowest BCUT2D eigenvalue weighted by Gasteiger charge is -2.24. The van der Waals surface area contributed by atoms with Gasteiger partial charge in [0, 0.05) is 13.3 Å². The molecule has 1 amide bonds. The number of phenols is 1. The molecule has 1 aliphatic rings. The van der Waals surface area contributed by atoms with E-state index in [1.54, 1.807) is 17.0 Å². The number of halogens is 1. The summed E-state index contributed by atoms with van der Waals surface area (Å²) in [5.41, 5.74) is 2.28. The maximum absolute atomic E-state index is 12.0. The fourth-order valence-corrected chi connectivity index (χ4v) is 2.82. The molecule has 1 unspecified atom stereocenters. The van der Waals surface area contributed by atoms with Crippen LogP contribution in [0.25, 0.3) is 0 Å². The van der Waals surface area contributed by atoms with Crippen molar-refractivity contribution in [3.05, 3.63) is 53.1 Å². The fourth-order valence-electron chi connectivity index (χ4n) is 2.67. The quantitative estimate of drug-likeness (QED) is 0.894. The summed E-state index contributed by atoms with van der Waals surface area (Å²) in [5, 5.41) is 13.7. The molecule has 2 aromatic rings. The largest absolute Gasteiger partial charge is 0.504 e. The van der Waals surface area contributed by atoms with E-state index in [-0.39, 0.29) is 22.8 Å². The van der Waals surface area contributed by atoms with Gasteiger partial charge in [-0.3, -0.25) is 9.69 Å². The Hall–Kier alpha value is -2.20. The van der Waals surface area contributed by atoms with Crippen LogP contribution in [0, 0.1) is 0 Å². The molecular weight excluding hydrogens is 288 g/mol. The Kier molecular flexibility index (Phi) is 3.47. The van der Waals surface area contributed by atoms with E-state index >= 15 is 0 Å². The second-order valence-corrected chi connectivity index (χ2v) is 5.44. The first-order valence-electron chi connectivity index (χ1n) is 6.69. The number of anilines is 2. The molecule has 0 bridgehead atoms. The topological polar surface area (TPSA) is 52.6 Å². The van der Waals surface area contributed by atoms with Crippen LogP contribution in [0.1, 0.15) is 12.5 Å². The van der Waals surface area contributed by atoms with Gasteiger partial charge >= 0.3 is 0 Å². The smallest absolute Gasteiger partial charge is 0.225 e. The molecule has 108 valence electrons. The predicted octanol–water partition coefficient (Wildman–Crippen LogP) is 3.39. The third-order valence-corrected chi connectivity index (χ3v) is 3.89. The molecular formula is C16H15ClN2O2. The molecule has 5 heteroatoms. The van der Waals surface area contributed by atoms with E-state index in [0.717, 1.165) is 5.56 Å². The summed E-state index contributed by atoms with van der Waals surface area (Å²) in [4.78, 5) is 13.6. The van der Waals surface area contributed by atoms with Crippen LogP contribution in [0.3, 0.4) is 0 Å². The Morgan fingerprint density at radius 2 is 2.00 bits per heavy atom. The highest BCUT2D eigenvalue weighted by Crippen LogP contribution is 2.45. The molecule has 4 nitrogen and oxygen atoms in total. The number of fused-ring (bicyclic) bond motifs is 1. The van der Waals surface area contributed by atoms with Crippen molar-refractivity contribution in [2.75, 3.05) is 10.2 Å². The molecule has 1 heterocycles. The minimum atomic E-state index is -0.232. The van der Waals surface area contributed by atoms with E-state index in [1.165, 1.54) is 6.92 Å². The van der Waals surface area contributed by atoms with Gasteiger partial charge in [0.05, 0.1) is 10.7 Å². The lowest BCUT2D eigenvalue weighted by molar-refractivity contribution is -0.116. The zero-order chi connectivity index (χ0) is 15.0. The molecule has 0 spiro atoms. The second kappa shape index (κ2) is 5.30. The lowest BCUT2D eigenvalue weighted by Crippen LogP contribution is -2.40. The van der Waals surface area contributed by atoms with Crippen molar-refractivity contribution in [3.63, 3.8) is 0 Å². The molecule has 0 saturated heterocycles. The van der Waals surface area contributed by atoms with E-state index in [0.29, 0.717) is 17.8 Å². The first-order valence-corrected chi connectivity index (χ1v) is 7.07. The van der Waals surface area contributed by atoms with E-state index in [9.17, 15) is 9.90 Å². The van der Waals surface area contributed by atoms with Crippen LogP contribution in [-0.4, -0.2) is 17.2 Å². The molecule has 3 rings (SSSR count). The molecule has 1 atom stereocenters. The van der Waals surface area contributed by atoms with Crippen LogP contribution in [0.4, 0.5) is 11.4 Å². The highest BCUT2D eigenvalue weighted by molar-refractivity contribution is 6.33. The number of hydrogen-bond donors (Lipinski definition) is 2. The minimum absolute atomic E-state index is 0.0626. The van der Waals surface area contributed by atoms with Crippen molar-refractivity contribution in [1.29, 1.82) is 0 Å². The van der Waals surface area contributed by atoms with Gasteiger partial charge in [-0.25, -0.2) is 0 Å². The fraction of sp³-hybridized carbons (Fsp3) is 0.188. The van der Waals surface area contributed by atoms with Crippen molar-refractivity contribution in [1.82, 2.24) is 0 Å². The number of nitrogens with zero attached hydrogens (tertiary/aromatic N) is 1. The monoisotopic (exact) mass is 302 g/mol. The van der Waals surface area contributed by atoms with Gasteiger partial charge in [-0.15, -0.1) is 0 Å². The Morgan fingerprint density at radius 3 is 2.67 bits per heavy atom. The highest BCUT2D eigenvalue weighted by Gasteiger charge is 2.34. The number of nitrogens with one attached hydrogen (secondary N) is 1. The van der Waals surface area contributed by atoms with Crippen LogP contribution in [0.2, 0.25) is 5.02 Å². The summed E-state index contributed by atoms with van der Waals surface area (Å²) < 4.78 is 0. The number of amides is 1. The summed E-state index contributed by atoms with van der Waals surface area (Å²) in [7, 11) is 0. The highest BCUT2D eigenvalue weighted by atomic mass is 35.5. The number of hydrogen-bond acceptors (Lipinski definition) is 3. The first-order chi connectivity index (χ1) is 10.1. The summed E-state index contributed by atoms with van der Waals surface area (Å²) in [6.07, 6.45) is 0.413. The molecule has 1 aliphatic heterocycles. The van der Waals surface area contributed by atoms with Gasteiger partial charge in [-0.1, -0.05) is 41.9 Å². The molecule has 0 fully saturated rings. The van der Waals surface area contributed by atoms with E-state index < -0.39 is 0 Å². The van der Waals surface area contributed by atoms with Crippen molar-refractivity contribution < 1.29 is 9.90 Å². The Morgan fingerprint density at radius 1 is 1.29 bits per heavy atom. The zero-order valence-electron chi connectivity index (χ0n) is 11.5. The molecule has 2 N–H and O–H groups in total. The molecule has 0 aliphatic carbocycles. The van der Waals surface area contributed by atoms with Crippen molar-refractivity contribution in [2.24, 2.45) is 0 Å². The summed E-state index contributed by atoms with van der Waals surface area (Å²) in [6.45, 7) is 1.48. The van der Waals surface area contributed by atoms with Gasteiger partial charge in [-0.05, 0) is 17.7 Å². The van der Waals surface area contributed by atoms with E-state index in [2.05, 4.69) is 5.32 Å². The van der Waals surface area contributed by atoms with E-state index in [4.69, 9.17) is 11.6 Å². The SMILES string of the molecule is CC(=O)N1c2c(ccc(Cl)c2O)NC1Cc1ccccc1. The van der Waals surface area contributed by atoms with Gasteiger partial charge in [0.15, 0.2) is 5.75 Å². The average molecular weight is 303 g/mol. The normalized spacial score (nSPS) is 16.5. The van der Waals surface area contributed by atoms with Crippen LogP contribution in [-0.2, 0) is 11.2 Å². The van der Waals surface area contributed by atoms with E-state index in [1.807, 2.05) is 30.3 Å². The van der Waals surface area contributed by atoms with Crippen LogP contribution >= 0.6 is 11.6 Å². The molecule has 0 saturated carbocycles. The zero-order valence-corrected chi connectivity index (χ0v) is 12.3.